The lowest BCUT2D eigenvalue weighted by molar-refractivity contribution is 0.0979. The third-order valence-corrected chi connectivity index (χ3v) is 7.05. The molecule has 0 atom stereocenters. The van der Waals surface area contributed by atoms with Gasteiger partial charge in [-0.3, -0.25) is 9.59 Å². The molecule has 4 aromatic rings. The van der Waals surface area contributed by atoms with E-state index in [2.05, 4.69) is 0 Å². The molecule has 43 heavy (non-hydrogen) atoms. The van der Waals surface area contributed by atoms with E-state index < -0.39 is 23.9 Å². The van der Waals surface area contributed by atoms with Gasteiger partial charge in [0.15, 0.2) is 23.1 Å². The lowest BCUT2D eigenvalue weighted by atomic mass is 9.76. The molecular formula is C35H24O8. The van der Waals surface area contributed by atoms with E-state index in [9.17, 15) is 19.2 Å². The van der Waals surface area contributed by atoms with Crippen LogP contribution in [0.1, 0.15) is 48.5 Å². The summed E-state index contributed by atoms with van der Waals surface area (Å²) in [6.45, 7) is 5.59. The number of hydrogen-bond acceptors (Lipinski definition) is 8. The van der Waals surface area contributed by atoms with E-state index >= 15 is 0 Å². The number of fused-ring (bicyclic) bond motifs is 3. The normalized spacial score (nSPS) is 13.6. The van der Waals surface area contributed by atoms with Crippen molar-refractivity contribution in [3.05, 3.63) is 141 Å². The molecule has 0 unspecified atom stereocenters. The maximum Gasteiger partial charge on any atom is 0.519 e. The molecule has 0 aromatic heterocycles. The van der Waals surface area contributed by atoms with Crippen LogP contribution in [0.3, 0.4) is 0 Å². The van der Waals surface area contributed by atoms with Crippen LogP contribution in [-0.2, 0) is 9.47 Å². The molecule has 0 fully saturated rings. The van der Waals surface area contributed by atoms with Gasteiger partial charge >= 0.3 is 12.3 Å². The number of rotatable bonds is 4. The number of ether oxygens (including phenoxy) is 4. The second-order valence-electron chi connectivity index (χ2n) is 10.2. The molecule has 2 aliphatic rings. The van der Waals surface area contributed by atoms with Crippen molar-refractivity contribution in [3.8, 4) is 11.5 Å². The predicted molar refractivity (Wildman–Crippen MR) is 157 cm³/mol. The summed E-state index contributed by atoms with van der Waals surface area (Å²) in [4.78, 5) is 54.1. The summed E-state index contributed by atoms with van der Waals surface area (Å²) in [6.07, 6.45) is -2.22. The zero-order chi connectivity index (χ0) is 30.2. The molecule has 8 nitrogen and oxygen atoms in total. The average molecular weight is 573 g/mol. The molecular weight excluding hydrogens is 548 g/mol. The van der Waals surface area contributed by atoms with E-state index in [4.69, 9.17) is 18.9 Å². The van der Waals surface area contributed by atoms with Crippen LogP contribution in [0.15, 0.2) is 102 Å². The second kappa shape index (κ2) is 10.9. The van der Waals surface area contributed by atoms with Crippen LogP contribution < -0.4 is 9.47 Å². The number of carbonyl (C=O) groups is 4. The number of hydrogen-bond donors (Lipinski definition) is 0. The largest absolute Gasteiger partial charge is 0.519 e. The number of ketones is 2. The average Bonchev–Trinajstić information content (AvgIpc) is 2.99. The Bertz CT molecular complexity index is 1890. The highest BCUT2D eigenvalue weighted by Gasteiger charge is 2.43. The Labute approximate surface area is 246 Å². The van der Waals surface area contributed by atoms with Gasteiger partial charge in [0.25, 0.3) is 0 Å². The first-order valence-corrected chi connectivity index (χ1v) is 13.4. The van der Waals surface area contributed by atoms with Gasteiger partial charge in [-0.2, -0.15) is 0 Å². The lowest BCUT2D eigenvalue weighted by Gasteiger charge is -2.29. The quantitative estimate of drug-likeness (QED) is 0.182. The maximum atomic E-state index is 14.0. The van der Waals surface area contributed by atoms with E-state index in [1.807, 2.05) is 13.8 Å². The van der Waals surface area contributed by atoms with E-state index in [-0.39, 0.29) is 56.4 Å². The molecule has 0 N–H and O–H groups in total. The summed E-state index contributed by atoms with van der Waals surface area (Å²) in [6, 6.07) is 24.8. The fourth-order valence-electron chi connectivity index (χ4n) is 4.95. The zero-order valence-corrected chi connectivity index (χ0v) is 23.4. The van der Waals surface area contributed by atoms with Crippen LogP contribution in [0.2, 0.25) is 0 Å². The molecule has 6 rings (SSSR count). The fourth-order valence-corrected chi connectivity index (χ4v) is 4.95. The van der Waals surface area contributed by atoms with Gasteiger partial charge in [-0.1, -0.05) is 77.4 Å². The van der Waals surface area contributed by atoms with Gasteiger partial charge in [0.05, 0.1) is 11.1 Å². The van der Waals surface area contributed by atoms with Crippen molar-refractivity contribution in [3.63, 3.8) is 0 Å². The van der Waals surface area contributed by atoms with Crippen molar-refractivity contribution < 1.29 is 38.1 Å². The molecule has 0 bridgehead atoms. The summed E-state index contributed by atoms with van der Waals surface area (Å²) in [5.41, 5.74) is 3.01. The molecule has 212 valence electrons. The molecule has 4 aromatic carbocycles. The maximum absolute atomic E-state index is 14.0. The van der Waals surface area contributed by atoms with Crippen LogP contribution in [0, 0.1) is 20.8 Å². The van der Waals surface area contributed by atoms with Crippen molar-refractivity contribution in [2.24, 2.45) is 0 Å². The highest BCUT2D eigenvalue weighted by molar-refractivity contribution is 6.34. The van der Waals surface area contributed by atoms with Gasteiger partial charge in [-0.25, -0.2) is 9.59 Å². The van der Waals surface area contributed by atoms with Crippen LogP contribution in [0.5, 0.6) is 11.5 Å². The molecule has 0 aliphatic heterocycles. The molecule has 0 saturated carbocycles. The highest BCUT2D eigenvalue weighted by Crippen LogP contribution is 2.45. The minimum Gasteiger partial charge on any atom is -0.395 e. The number of carbonyl (C=O) groups excluding carboxylic acids is 4. The smallest absolute Gasteiger partial charge is 0.395 e. The van der Waals surface area contributed by atoms with Crippen molar-refractivity contribution >= 4 is 35.4 Å². The molecule has 2 aliphatic carbocycles. The van der Waals surface area contributed by atoms with Crippen molar-refractivity contribution in [2.45, 2.75) is 20.8 Å². The highest BCUT2D eigenvalue weighted by atomic mass is 16.7. The molecule has 0 saturated heterocycles. The van der Waals surface area contributed by atoms with E-state index in [1.54, 1.807) is 91.9 Å². The summed E-state index contributed by atoms with van der Waals surface area (Å²) < 4.78 is 22.1. The Kier molecular flexibility index (Phi) is 6.95. The topological polar surface area (TPSA) is 105 Å². The van der Waals surface area contributed by atoms with Gasteiger partial charge < -0.3 is 18.9 Å². The minimum atomic E-state index is -1.11. The summed E-state index contributed by atoms with van der Waals surface area (Å²) in [5, 5.41) is 0. The SMILES string of the molecule is Cc1ccc(OC(=O)OC2=C3C(=O)c4ccc(C)cc4C(OC(=O)Oc4ccc(C)cc4)=C3C(=O)c3ccccc32)cc1. The minimum absolute atomic E-state index is 0.149. The van der Waals surface area contributed by atoms with Gasteiger partial charge in [0.1, 0.15) is 11.5 Å². The van der Waals surface area contributed by atoms with Crippen LogP contribution in [0.4, 0.5) is 9.59 Å². The summed E-state index contributed by atoms with van der Waals surface area (Å²) in [5.74, 6) is -1.06. The molecule has 0 amide bonds. The third-order valence-electron chi connectivity index (χ3n) is 7.05. The molecule has 0 spiro atoms. The van der Waals surface area contributed by atoms with E-state index in [1.165, 1.54) is 6.07 Å². The first-order valence-electron chi connectivity index (χ1n) is 13.4. The number of Topliss-reactive ketones (excluding diaryl/α,β-unsaturated/α-hetero) is 2. The number of aryl methyl sites for hydroxylation is 3. The van der Waals surface area contributed by atoms with Gasteiger partial charge in [0, 0.05) is 22.3 Å². The molecule has 0 heterocycles. The Hall–Kier alpha value is -5.76. The molecule has 8 heteroatoms. The van der Waals surface area contributed by atoms with Crippen LogP contribution in [-0.4, -0.2) is 23.9 Å². The standard InChI is InChI=1S/C35H24O8/c1-19-8-13-22(14-9-19)40-34(38)42-32-26-7-5-4-6-24(26)30(36)29-28(32)31(37)25-17-12-21(3)18-27(25)33(29)43-35(39)41-23-15-10-20(2)11-16-23/h4-18H,1-3H3. The van der Waals surface area contributed by atoms with Gasteiger partial charge in [0.2, 0.25) is 0 Å². The van der Waals surface area contributed by atoms with Gasteiger partial charge in [-0.15, -0.1) is 0 Å². The van der Waals surface area contributed by atoms with E-state index in [0.717, 1.165) is 16.7 Å². The lowest BCUT2D eigenvalue weighted by Crippen LogP contribution is -2.29. The Balaban J connectivity index is 1.49. The van der Waals surface area contributed by atoms with E-state index in [0.29, 0.717) is 0 Å². The Morgan fingerprint density at radius 1 is 0.465 bits per heavy atom. The van der Waals surface area contributed by atoms with Crippen molar-refractivity contribution in [1.29, 1.82) is 0 Å². The Morgan fingerprint density at radius 2 is 0.884 bits per heavy atom. The van der Waals surface area contributed by atoms with Crippen molar-refractivity contribution in [1.82, 2.24) is 0 Å². The Morgan fingerprint density at radius 3 is 1.40 bits per heavy atom. The number of benzene rings is 4. The zero-order valence-electron chi connectivity index (χ0n) is 23.4. The van der Waals surface area contributed by atoms with Crippen molar-refractivity contribution in [2.75, 3.05) is 0 Å². The predicted octanol–water partition coefficient (Wildman–Crippen LogP) is 7.56. The number of allylic oxidation sites excluding steroid dienone is 2. The first kappa shape index (κ1) is 27.4. The fraction of sp³-hybridized carbons (Fsp3) is 0.0857. The van der Waals surface area contributed by atoms with Crippen LogP contribution in [0.25, 0.3) is 11.5 Å². The summed E-state index contributed by atoms with van der Waals surface area (Å²) >= 11 is 0. The van der Waals surface area contributed by atoms with Crippen LogP contribution >= 0.6 is 0 Å². The first-order chi connectivity index (χ1) is 20.7. The second-order valence-corrected chi connectivity index (χ2v) is 10.2. The van der Waals surface area contributed by atoms with Gasteiger partial charge in [-0.05, 0) is 51.1 Å². The summed E-state index contributed by atoms with van der Waals surface area (Å²) in [7, 11) is 0. The third kappa shape index (κ3) is 5.22. The molecule has 0 radical (unpaired) electrons. The monoisotopic (exact) mass is 572 g/mol.